The zero-order valence-corrected chi connectivity index (χ0v) is 13.6. The molecule has 0 aliphatic carbocycles. The predicted molar refractivity (Wildman–Crippen MR) is 82.0 cm³/mol. The number of methoxy groups -OCH3 is 1. The van der Waals surface area contributed by atoms with Gasteiger partial charge in [0.25, 0.3) is 0 Å². The molecule has 0 radical (unpaired) electrons. The van der Waals surface area contributed by atoms with E-state index >= 15 is 0 Å². The van der Waals surface area contributed by atoms with E-state index in [4.69, 9.17) is 4.74 Å². The molecule has 20 heavy (non-hydrogen) atoms. The molecule has 1 aromatic carbocycles. The first-order valence-electron chi connectivity index (χ1n) is 6.97. The molecule has 1 aromatic rings. The number of halogens is 1. The fourth-order valence-corrected chi connectivity index (χ4v) is 3.22. The molecule has 0 bridgehead atoms. The van der Waals surface area contributed by atoms with Crippen LogP contribution in [0.4, 0.5) is 0 Å². The minimum absolute atomic E-state index is 0.216. The molecule has 1 atom stereocenters. The quantitative estimate of drug-likeness (QED) is 0.882. The summed E-state index contributed by atoms with van der Waals surface area (Å²) in [6, 6.07) is 3.69. The van der Waals surface area contributed by atoms with Gasteiger partial charge in [-0.3, -0.25) is 4.90 Å². The topological polar surface area (TPSA) is 52.9 Å². The molecule has 1 saturated heterocycles. The highest BCUT2D eigenvalue weighted by molar-refractivity contribution is 9.10. The van der Waals surface area contributed by atoms with E-state index in [2.05, 4.69) is 20.8 Å². The predicted octanol–water partition coefficient (Wildman–Crippen LogP) is 2.76. The van der Waals surface area contributed by atoms with E-state index in [0.29, 0.717) is 18.2 Å². The molecule has 1 aliphatic heterocycles. The molecule has 0 saturated carbocycles. The first-order chi connectivity index (χ1) is 9.51. The molecule has 4 nitrogen and oxygen atoms in total. The van der Waals surface area contributed by atoms with Crippen LogP contribution in [0.15, 0.2) is 16.6 Å². The summed E-state index contributed by atoms with van der Waals surface area (Å²) >= 11 is 3.44. The Morgan fingerprint density at radius 1 is 1.40 bits per heavy atom. The number of nitrogens with zero attached hydrogens (tertiary/aromatic N) is 1. The summed E-state index contributed by atoms with van der Waals surface area (Å²) in [5, 5.41) is 19.8. The third-order valence-electron chi connectivity index (χ3n) is 4.05. The van der Waals surface area contributed by atoms with Crippen molar-refractivity contribution in [3.05, 3.63) is 22.2 Å². The van der Waals surface area contributed by atoms with Crippen LogP contribution >= 0.6 is 15.9 Å². The van der Waals surface area contributed by atoms with Crippen LogP contribution in [0.3, 0.4) is 0 Å². The zero-order chi connectivity index (χ0) is 14.7. The van der Waals surface area contributed by atoms with Crippen molar-refractivity contribution in [3.63, 3.8) is 0 Å². The molecule has 0 spiro atoms. The maximum atomic E-state index is 10.2. The van der Waals surface area contributed by atoms with E-state index in [9.17, 15) is 10.2 Å². The molecule has 1 heterocycles. The number of aliphatic hydroxyl groups excluding tert-OH is 1. The number of ether oxygens (including phenoxy) is 1. The average molecular weight is 344 g/mol. The Morgan fingerprint density at radius 3 is 2.60 bits per heavy atom. The van der Waals surface area contributed by atoms with E-state index in [1.54, 1.807) is 13.2 Å². The summed E-state index contributed by atoms with van der Waals surface area (Å²) in [4.78, 5) is 2.31. The molecule has 1 fully saturated rings. The van der Waals surface area contributed by atoms with Gasteiger partial charge in [-0.15, -0.1) is 0 Å². The van der Waals surface area contributed by atoms with Crippen molar-refractivity contribution in [2.75, 3.05) is 20.2 Å². The van der Waals surface area contributed by atoms with Gasteiger partial charge in [0.1, 0.15) is 0 Å². The van der Waals surface area contributed by atoms with Gasteiger partial charge < -0.3 is 14.9 Å². The Bertz CT molecular complexity index is 457. The van der Waals surface area contributed by atoms with Gasteiger partial charge in [-0.2, -0.15) is 0 Å². The monoisotopic (exact) mass is 343 g/mol. The Morgan fingerprint density at radius 2 is 2.05 bits per heavy atom. The van der Waals surface area contributed by atoms with Crippen LogP contribution in [-0.2, 0) is 6.54 Å². The van der Waals surface area contributed by atoms with Crippen LogP contribution in [0.1, 0.15) is 25.3 Å². The van der Waals surface area contributed by atoms with E-state index in [1.807, 2.05) is 13.0 Å². The maximum absolute atomic E-state index is 10.2. The molecule has 0 amide bonds. The second kappa shape index (κ2) is 6.78. The number of phenolic OH excluding ortho intramolecular Hbond substituents is 1. The molecule has 112 valence electrons. The molecule has 5 heteroatoms. The van der Waals surface area contributed by atoms with Gasteiger partial charge in [0, 0.05) is 16.6 Å². The normalized spacial score (nSPS) is 19.0. The Labute approximate surface area is 128 Å². The first kappa shape index (κ1) is 15.6. The summed E-state index contributed by atoms with van der Waals surface area (Å²) in [7, 11) is 1.55. The van der Waals surface area contributed by atoms with Gasteiger partial charge in [0.05, 0.1) is 13.2 Å². The van der Waals surface area contributed by atoms with Crippen molar-refractivity contribution in [3.8, 4) is 11.5 Å². The highest BCUT2D eigenvalue weighted by Gasteiger charge is 2.23. The molecule has 2 N–H and O–H groups in total. The maximum Gasteiger partial charge on any atom is 0.162 e. The second-order valence-corrected chi connectivity index (χ2v) is 6.39. The summed E-state index contributed by atoms with van der Waals surface area (Å²) in [6.07, 6.45) is 1.78. The molecule has 1 aliphatic rings. The number of likely N-dealkylation sites (tertiary alicyclic amines) is 1. The van der Waals surface area contributed by atoms with Gasteiger partial charge in [0.2, 0.25) is 0 Å². The number of benzene rings is 1. The minimum atomic E-state index is -0.225. The lowest BCUT2D eigenvalue weighted by Gasteiger charge is -2.33. The lowest BCUT2D eigenvalue weighted by molar-refractivity contribution is 0.0692. The van der Waals surface area contributed by atoms with Crippen molar-refractivity contribution < 1.29 is 14.9 Å². The number of aliphatic hydroxyl groups is 1. The molecular weight excluding hydrogens is 322 g/mol. The zero-order valence-electron chi connectivity index (χ0n) is 12.0. The van der Waals surface area contributed by atoms with Gasteiger partial charge in [0.15, 0.2) is 11.5 Å². The molecule has 1 unspecified atom stereocenters. The Hall–Kier alpha value is -0.780. The lowest BCUT2D eigenvalue weighted by atomic mass is 9.92. The van der Waals surface area contributed by atoms with Crippen LogP contribution < -0.4 is 4.74 Å². The molecule has 2 rings (SSSR count). The first-order valence-corrected chi connectivity index (χ1v) is 7.76. The van der Waals surface area contributed by atoms with Crippen molar-refractivity contribution >= 4 is 15.9 Å². The molecular formula is C15H22BrNO3. The third kappa shape index (κ3) is 3.65. The fourth-order valence-electron chi connectivity index (χ4n) is 2.74. The van der Waals surface area contributed by atoms with Crippen molar-refractivity contribution in [1.29, 1.82) is 0 Å². The van der Waals surface area contributed by atoms with Crippen LogP contribution in [0.5, 0.6) is 11.5 Å². The lowest BCUT2D eigenvalue weighted by Crippen LogP contribution is -2.36. The van der Waals surface area contributed by atoms with E-state index in [1.165, 1.54) is 0 Å². The molecule has 0 aromatic heterocycles. The van der Waals surface area contributed by atoms with Gasteiger partial charge in [-0.25, -0.2) is 0 Å². The van der Waals surface area contributed by atoms with Crippen molar-refractivity contribution in [1.82, 2.24) is 4.90 Å². The second-order valence-electron chi connectivity index (χ2n) is 5.47. The number of hydrogen-bond donors (Lipinski definition) is 2. The number of hydrogen-bond acceptors (Lipinski definition) is 4. The van der Waals surface area contributed by atoms with E-state index in [-0.39, 0.29) is 11.9 Å². The van der Waals surface area contributed by atoms with Crippen molar-refractivity contribution in [2.45, 2.75) is 32.4 Å². The summed E-state index contributed by atoms with van der Waals surface area (Å²) in [6.45, 7) is 4.47. The smallest absolute Gasteiger partial charge is 0.162 e. The van der Waals surface area contributed by atoms with Crippen LogP contribution in [0.2, 0.25) is 0 Å². The fraction of sp³-hybridized carbons (Fsp3) is 0.600. The number of piperidine rings is 1. The van der Waals surface area contributed by atoms with Crippen LogP contribution in [0, 0.1) is 5.92 Å². The standard InChI is InChI=1S/C15H22BrNO3/c1-10(18)11-3-5-17(6-4-11)9-12-7-13(16)8-14(20-2)15(12)19/h7-8,10-11,18-19H,3-6,9H2,1-2H3. The SMILES string of the molecule is COc1cc(Br)cc(CN2CCC(C(C)O)CC2)c1O. The largest absolute Gasteiger partial charge is 0.504 e. The van der Waals surface area contributed by atoms with Gasteiger partial charge in [-0.1, -0.05) is 15.9 Å². The highest BCUT2D eigenvalue weighted by atomic mass is 79.9. The highest BCUT2D eigenvalue weighted by Crippen LogP contribution is 2.35. The van der Waals surface area contributed by atoms with Crippen LogP contribution in [-0.4, -0.2) is 41.4 Å². The average Bonchev–Trinajstić information content (AvgIpc) is 2.43. The third-order valence-corrected chi connectivity index (χ3v) is 4.50. The minimum Gasteiger partial charge on any atom is -0.504 e. The number of phenols is 1. The summed E-state index contributed by atoms with van der Waals surface area (Å²) in [5.74, 6) is 1.11. The van der Waals surface area contributed by atoms with Crippen molar-refractivity contribution in [2.24, 2.45) is 5.92 Å². The summed E-state index contributed by atoms with van der Waals surface area (Å²) < 4.78 is 6.08. The van der Waals surface area contributed by atoms with Gasteiger partial charge >= 0.3 is 0 Å². The van der Waals surface area contributed by atoms with Gasteiger partial charge in [-0.05, 0) is 50.9 Å². The summed E-state index contributed by atoms with van der Waals surface area (Å²) in [5.41, 5.74) is 0.867. The van der Waals surface area contributed by atoms with E-state index in [0.717, 1.165) is 36.0 Å². The number of rotatable bonds is 4. The van der Waals surface area contributed by atoms with Crippen LogP contribution in [0.25, 0.3) is 0 Å². The van der Waals surface area contributed by atoms with E-state index < -0.39 is 0 Å². The number of aromatic hydroxyl groups is 1. The Kier molecular flexibility index (Phi) is 5.29. The Balaban J connectivity index is 2.03.